The molecule has 5 heteroatoms. The molecule has 0 saturated heterocycles. The molecule has 0 aliphatic carbocycles. The molecule has 2 rings (SSSR count). The van der Waals surface area contributed by atoms with Crippen molar-refractivity contribution in [3.05, 3.63) is 70.5 Å². The Kier molecular flexibility index (Phi) is 4.26. The highest BCUT2D eigenvalue weighted by Crippen LogP contribution is 2.14. The van der Waals surface area contributed by atoms with E-state index in [2.05, 4.69) is 10.5 Å². The summed E-state index contributed by atoms with van der Waals surface area (Å²) >= 11 is 5.87. The third kappa shape index (κ3) is 3.63. The number of carbonyl (C=O) groups is 1. The van der Waals surface area contributed by atoms with E-state index in [0.717, 1.165) is 0 Å². The van der Waals surface area contributed by atoms with Crippen LogP contribution in [0.3, 0.4) is 0 Å². The summed E-state index contributed by atoms with van der Waals surface area (Å²) in [6.45, 7) is 0. The van der Waals surface area contributed by atoms with Crippen LogP contribution in [0, 0.1) is 5.82 Å². The molecular formula is C14H10ClFN2O. The third-order valence-corrected chi connectivity index (χ3v) is 2.68. The van der Waals surface area contributed by atoms with Gasteiger partial charge in [-0.05, 0) is 29.8 Å². The molecule has 0 heterocycles. The molecule has 0 fully saturated rings. The molecule has 1 amide bonds. The van der Waals surface area contributed by atoms with E-state index in [1.54, 1.807) is 36.4 Å². The number of nitrogens with zero attached hydrogens (tertiary/aromatic N) is 1. The van der Waals surface area contributed by atoms with E-state index >= 15 is 0 Å². The molecule has 2 aromatic carbocycles. The lowest BCUT2D eigenvalue weighted by Gasteiger charge is -2.01. The van der Waals surface area contributed by atoms with Crippen molar-refractivity contribution in [1.82, 2.24) is 5.43 Å². The Bertz CT molecular complexity index is 628. The van der Waals surface area contributed by atoms with E-state index in [-0.39, 0.29) is 5.82 Å². The van der Waals surface area contributed by atoms with Gasteiger partial charge in [0.1, 0.15) is 5.82 Å². The van der Waals surface area contributed by atoms with Gasteiger partial charge in [0.25, 0.3) is 5.91 Å². The maximum absolute atomic E-state index is 12.9. The smallest absolute Gasteiger partial charge is 0.267 e. The number of hydrogen-bond donors (Lipinski definition) is 1. The highest BCUT2D eigenvalue weighted by molar-refractivity contribution is 6.33. The van der Waals surface area contributed by atoms with Crippen LogP contribution in [-0.2, 0) is 0 Å². The van der Waals surface area contributed by atoms with E-state index in [4.69, 9.17) is 11.6 Å². The van der Waals surface area contributed by atoms with Gasteiger partial charge in [-0.3, -0.25) is 4.79 Å². The van der Waals surface area contributed by atoms with E-state index in [1.165, 1.54) is 18.3 Å². The average molecular weight is 277 g/mol. The highest BCUT2D eigenvalue weighted by atomic mass is 35.5. The van der Waals surface area contributed by atoms with Gasteiger partial charge in [0.2, 0.25) is 0 Å². The Balaban J connectivity index is 2.03. The van der Waals surface area contributed by atoms with E-state index in [9.17, 15) is 9.18 Å². The van der Waals surface area contributed by atoms with E-state index in [0.29, 0.717) is 16.1 Å². The van der Waals surface area contributed by atoms with Gasteiger partial charge in [-0.15, -0.1) is 0 Å². The fourth-order valence-corrected chi connectivity index (χ4v) is 1.68. The lowest BCUT2D eigenvalue weighted by Crippen LogP contribution is -2.17. The lowest BCUT2D eigenvalue weighted by molar-refractivity contribution is 0.0955. The van der Waals surface area contributed by atoms with Gasteiger partial charge >= 0.3 is 0 Å². The van der Waals surface area contributed by atoms with Crippen LogP contribution in [0.15, 0.2) is 53.6 Å². The fraction of sp³-hybridized carbons (Fsp3) is 0. The summed E-state index contributed by atoms with van der Waals surface area (Å²) in [5.74, 6) is -0.778. The molecule has 0 radical (unpaired) electrons. The summed E-state index contributed by atoms with van der Waals surface area (Å²) in [6, 6.07) is 12.5. The third-order valence-electron chi connectivity index (χ3n) is 2.35. The first-order valence-corrected chi connectivity index (χ1v) is 5.88. The maximum Gasteiger partial charge on any atom is 0.272 e. The molecule has 1 N–H and O–H groups in total. The maximum atomic E-state index is 12.9. The van der Waals surface area contributed by atoms with Crippen molar-refractivity contribution < 1.29 is 9.18 Å². The number of amides is 1. The molecule has 0 aliphatic rings. The molecule has 19 heavy (non-hydrogen) atoms. The Labute approximate surface area is 114 Å². The van der Waals surface area contributed by atoms with Gasteiger partial charge in [-0.25, -0.2) is 9.82 Å². The molecule has 0 saturated carbocycles. The van der Waals surface area contributed by atoms with Gasteiger partial charge in [0.15, 0.2) is 0 Å². The van der Waals surface area contributed by atoms with Crippen LogP contribution in [0.2, 0.25) is 5.02 Å². The Hall–Kier alpha value is -2.20. The minimum atomic E-state index is -0.418. The van der Waals surface area contributed by atoms with Crippen LogP contribution in [0.5, 0.6) is 0 Å². The molecule has 0 atom stereocenters. The highest BCUT2D eigenvalue weighted by Gasteiger charge is 2.07. The van der Waals surface area contributed by atoms with Crippen molar-refractivity contribution >= 4 is 23.7 Å². The van der Waals surface area contributed by atoms with E-state index in [1.807, 2.05) is 0 Å². The zero-order valence-corrected chi connectivity index (χ0v) is 10.6. The number of rotatable bonds is 3. The number of nitrogens with one attached hydrogen (secondary N) is 1. The largest absolute Gasteiger partial charge is 0.272 e. The number of benzene rings is 2. The zero-order chi connectivity index (χ0) is 13.7. The second kappa shape index (κ2) is 6.11. The molecule has 0 unspecified atom stereocenters. The van der Waals surface area contributed by atoms with Crippen molar-refractivity contribution in [2.24, 2.45) is 5.10 Å². The predicted octanol–water partition coefficient (Wildman–Crippen LogP) is 3.24. The van der Waals surface area contributed by atoms with Crippen LogP contribution in [0.25, 0.3) is 0 Å². The second-order valence-corrected chi connectivity index (χ2v) is 4.14. The quantitative estimate of drug-likeness (QED) is 0.679. The molecule has 0 spiro atoms. The summed E-state index contributed by atoms with van der Waals surface area (Å²) in [4.78, 5) is 11.7. The molecule has 0 aliphatic heterocycles. The number of hydrazone groups is 1. The Morgan fingerprint density at radius 2 is 2.00 bits per heavy atom. The Morgan fingerprint density at radius 1 is 1.21 bits per heavy atom. The van der Waals surface area contributed by atoms with E-state index < -0.39 is 5.91 Å². The van der Waals surface area contributed by atoms with Crippen molar-refractivity contribution in [3.63, 3.8) is 0 Å². The first-order valence-electron chi connectivity index (χ1n) is 5.50. The summed E-state index contributed by atoms with van der Waals surface area (Å²) in [6.07, 6.45) is 1.36. The summed E-state index contributed by atoms with van der Waals surface area (Å²) < 4.78 is 12.9. The molecule has 96 valence electrons. The minimum absolute atomic E-state index is 0.334. The topological polar surface area (TPSA) is 41.5 Å². The first-order chi connectivity index (χ1) is 9.16. The van der Waals surface area contributed by atoms with Crippen molar-refractivity contribution in [2.45, 2.75) is 0 Å². The second-order valence-electron chi connectivity index (χ2n) is 3.73. The summed E-state index contributed by atoms with van der Waals surface area (Å²) in [7, 11) is 0. The Morgan fingerprint density at radius 3 is 2.74 bits per heavy atom. The summed E-state index contributed by atoms with van der Waals surface area (Å²) in [5.41, 5.74) is 3.22. The predicted molar refractivity (Wildman–Crippen MR) is 72.9 cm³/mol. The minimum Gasteiger partial charge on any atom is -0.267 e. The average Bonchev–Trinajstić information content (AvgIpc) is 2.39. The molecule has 2 aromatic rings. The van der Waals surface area contributed by atoms with Gasteiger partial charge in [0.05, 0.1) is 16.8 Å². The van der Waals surface area contributed by atoms with Crippen LogP contribution in [-0.4, -0.2) is 12.1 Å². The molecular weight excluding hydrogens is 267 g/mol. The fourth-order valence-electron chi connectivity index (χ4n) is 1.46. The van der Waals surface area contributed by atoms with Crippen molar-refractivity contribution in [3.8, 4) is 0 Å². The molecule has 3 nitrogen and oxygen atoms in total. The van der Waals surface area contributed by atoms with Crippen molar-refractivity contribution in [1.29, 1.82) is 0 Å². The molecule has 0 aromatic heterocycles. The number of carbonyl (C=O) groups excluding carboxylic acids is 1. The number of hydrogen-bond acceptors (Lipinski definition) is 2. The summed E-state index contributed by atoms with van der Waals surface area (Å²) in [5, 5.41) is 4.10. The van der Waals surface area contributed by atoms with Crippen LogP contribution < -0.4 is 5.43 Å². The lowest BCUT2D eigenvalue weighted by atomic mass is 10.2. The van der Waals surface area contributed by atoms with Gasteiger partial charge < -0.3 is 0 Å². The van der Waals surface area contributed by atoms with Crippen LogP contribution >= 0.6 is 11.6 Å². The normalized spacial score (nSPS) is 10.6. The van der Waals surface area contributed by atoms with Gasteiger partial charge in [-0.2, -0.15) is 5.10 Å². The molecule has 0 bridgehead atoms. The van der Waals surface area contributed by atoms with Gasteiger partial charge in [0, 0.05) is 0 Å². The SMILES string of the molecule is O=C(N/N=C/c1cccc(F)c1)c1ccccc1Cl. The first kappa shape index (κ1) is 13.2. The van der Waals surface area contributed by atoms with Gasteiger partial charge in [-0.1, -0.05) is 35.9 Å². The number of halogens is 2. The van der Waals surface area contributed by atoms with Crippen LogP contribution in [0.1, 0.15) is 15.9 Å². The van der Waals surface area contributed by atoms with Crippen LogP contribution in [0.4, 0.5) is 4.39 Å². The monoisotopic (exact) mass is 276 g/mol. The standard InChI is InChI=1S/C14H10ClFN2O/c15-13-7-2-1-6-12(13)14(19)18-17-9-10-4-3-5-11(16)8-10/h1-9H,(H,18,19)/b17-9+. The van der Waals surface area contributed by atoms with Crippen molar-refractivity contribution in [2.75, 3.05) is 0 Å². The zero-order valence-electron chi connectivity index (χ0n) is 9.81.